The molecule has 1 aromatic carbocycles. The molecule has 0 atom stereocenters. The molecule has 0 aliphatic heterocycles. The van der Waals surface area contributed by atoms with Gasteiger partial charge in [-0.1, -0.05) is 0 Å². The number of nitrogens with one attached hydrogen (secondary N) is 1. The summed E-state index contributed by atoms with van der Waals surface area (Å²) in [4.78, 5) is 11.2. The molecule has 0 radical (unpaired) electrons. The van der Waals surface area contributed by atoms with Crippen molar-refractivity contribution < 1.29 is 18.7 Å². The van der Waals surface area contributed by atoms with Crippen LogP contribution in [0, 0.1) is 5.82 Å². The fourth-order valence-electron chi connectivity index (χ4n) is 1.10. The molecule has 5 heteroatoms. The van der Waals surface area contributed by atoms with E-state index in [0.29, 0.717) is 5.69 Å². The zero-order valence-electron chi connectivity index (χ0n) is 9.41. The molecule has 1 N–H and O–H groups in total. The van der Waals surface area contributed by atoms with Gasteiger partial charge in [-0.3, -0.25) is 5.32 Å². The van der Waals surface area contributed by atoms with Crippen molar-refractivity contribution in [2.24, 2.45) is 0 Å². The Morgan fingerprint density at radius 2 is 2.12 bits per heavy atom. The summed E-state index contributed by atoms with van der Waals surface area (Å²) in [5.41, 5.74) is 0.420. The Kier molecular flexibility index (Phi) is 4.10. The van der Waals surface area contributed by atoms with E-state index in [1.807, 2.05) is 0 Å². The number of methoxy groups -OCH3 is 1. The zero-order valence-corrected chi connectivity index (χ0v) is 9.41. The molecule has 16 heavy (non-hydrogen) atoms. The summed E-state index contributed by atoms with van der Waals surface area (Å²) in [6.45, 7) is 3.48. The lowest BCUT2D eigenvalue weighted by Gasteiger charge is -2.10. The molecule has 0 spiro atoms. The Labute approximate surface area is 93.4 Å². The minimum Gasteiger partial charge on any atom is -0.494 e. The second kappa shape index (κ2) is 5.34. The topological polar surface area (TPSA) is 47.6 Å². The molecule has 88 valence electrons. The van der Waals surface area contributed by atoms with Crippen molar-refractivity contribution in [2.75, 3.05) is 12.4 Å². The van der Waals surface area contributed by atoms with Gasteiger partial charge in [-0.2, -0.15) is 0 Å². The van der Waals surface area contributed by atoms with Crippen LogP contribution in [-0.2, 0) is 4.74 Å². The third-order valence-corrected chi connectivity index (χ3v) is 1.74. The fourth-order valence-corrected chi connectivity index (χ4v) is 1.10. The summed E-state index contributed by atoms with van der Waals surface area (Å²) < 4.78 is 22.7. The van der Waals surface area contributed by atoms with Gasteiger partial charge in [0.2, 0.25) is 0 Å². The third kappa shape index (κ3) is 3.42. The van der Waals surface area contributed by atoms with E-state index in [0.717, 1.165) is 0 Å². The van der Waals surface area contributed by atoms with Crippen LogP contribution in [0.3, 0.4) is 0 Å². The molecule has 1 rings (SSSR count). The van der Waals surface area contributed by atoms with Crippen molar-refractivity contribution in [3.8, 4) is 5.75 Å². The Morgan fingerprint density at radius 3 is 2.69 bits per heavy atom. The molecule has 0 heterocycles. The Hall–Kier alpha value is -1.78. The van der Waals surface area contributed by atoms with Crippen LogP contribution in [0.25, 0.3) is 0 Å². The normalized spacial score (nSPS) is 10.1. The quantitative estimate of drug-likeness (QED) is 0.863. The van der Waals surface area contributed by atoms with Gasteiger partial charge in [0.05, 0.1) is 13.2 Å². The molecule has 1 aromatic rings. The van der Waals surface area contributed by atoms with Crippen molar-refractivity contribution in [3.05, 3.63) is 24.0 Å². The van der Waals surface area contributed by atoms with Crippen molar-refractivity contribution in [1.29, 1.82) is 0 Å². The molecule has 0 saturated carbocycles. The fraction of sp³-hybridized carbons (Fsp3) is 0.364. The number of ether oxygens (including phenoxy) is 2. The molecule has 0 fully saturated rings. The Morgan fingerprint density at radius 1 is 1.44 bits per heavy atom. The van der Waals surface area contributed by atoms with Gasteiger partial charge in [0.15, 0.2) is 11.6 Å². The lowest BCUT2D eigenvalue weighted by Crippen LogP contribution is -2.18. The van der Waals surface area contributed by atoms with Gasteiger partial charge in [-0.05, 0) is 26.0 Å². The SMILES string of the molecule is COc1cc(NC(=O)OC(C)C)ccc1F. The number of carbonyl (C=O) groups excluding carboxylic acids is 1. The van der Waals surface area contributed by atoms with Gasteiger partial charge in [0.25, 0.3) is 0 Å². The predicted octanol–water partition coefficient (Wildman–Crippen LogP) is 2.79. The molecule has 0 saturated heterocycles. The molecule has 1 amide bonds. The van der Waals surface area contributed by atoms with E-state index >= 15 is 0 Å². The van der Waals surface area contributed by atoms with Crippen molar-refractivity contribution in [2.45, 2.75) is 20.0 Å². The number of rotatable bonds is 3. The maximum atomic E-state index is 13.0. The lowest BCUT2D eigenvalue weighted by atomic mass is 10.3. The van der Waals surface area contributed by atoms with E-state index in [9.17, 15) is 9.18 Å². The van der Waals surface area contributed by atoms with Crippen LogP contribution in [0.1, 0.15) is 13.8 Å². The molecule has 0 aromatic heterocycles. The number of anilines is 1. The number of amides is 1. The molecule has 4 nitrogen and oxygen atoms in total. The van der Waals surface area contributed by atoms with Crippen LogP contribution in [0.5, 0.6) is 5.75 Å². The summed E-state index contributed by atoms with van der Waals surface area (Å²) in [5, 5.41) is 2.47. The molecule has 0 aliphatic carbocycles. The zero-order chi connectivity index (χ0) is 12.1. The summed E-state index contributed by atoms with van der Waals surface area (Å²) in [6.07, 6.45) is -0.786. The van der Waals surface area contributed by atoms with E-state index in [-0.39, 0.29) is 11.9 Å². The van der Waals surface area contributed by atoms with Crippen LogP contribution in [0.15, 0.2) is 18.2 Å². The highest BCUT2D eigenvalue weighted by molar-refractivity contribution is 5.84. The smallest absolute Gasteiger partial charge is 0.411 e. The molecule has 0 unspecified atom stereocenters. The highest BCUT2D eigenvalue weighted by atomic mass is 19.1. The van der Waals surface area contributed by atoms with Crippen LogP contribution in [-0.4, -0.2) is 19.3 Å². The summed E-state index contributed by atoms with van der Waals surface area (Å²) in [7, 11) is 1.36. The number of carbonyl (C=O) groups is 1. The van der Waals surface area contributed by atoms with Crippen molar-refractivity contribution in [3.63, 3.8) is 0 Å². The second-order valence-electron chi connectivity index (χ2n) is 3.43. The van der Waals surface area contributed by atoms with E-state index in [1.54, 1.807) is 13.8 Å². The molecular formula is C11H14FNO3. The van der Waals surface area contributed by atoms with E-state index in [1.165, 1.54) is 25.3 Å². The minimum atomic E-state index is -0.580. The van der Waals surface area contributed by atoms with Crippen LogP contribution in [0.2, 0.25) is 0 Å². The lowest BCUT2D eigenvalue weighted by molar-refractivity contribution is 0.130. The number of hydrogen-bond acceptors (Lipinski definition) is 3. The third-order valence-electron chi connectivity index (χ3n) is 1.74. The molecule has 0 aliphatic rings. The maximum absolute atomic E-state index is 13.0. The average molecular weight is 227 g/mol. The first-order valence-electron chi connectivity index (χ1n) is 4.84. The van der Waals surface area contributed by atoms with Gasteiger partial charge in [0.1, 0.15) is 0 Å². The second-order valence-corrected chi connectivity index (χ2v) is 3.43. The Balaban J connectivity index is 2.71. The van der Waals surface area contributed by atoms with E-state index in [2.05, 4.69) is 5.32 Å². The van der Waals surface area contributed by atoms with Gasteiger partial charge in [-0.25, -0.2) is 9.18 Å². The standard InChI is InChI=1S/C11H14FNO3/c1-7(2)16-11(14)13-8-4-5-9(12)10(6-8)15-3/h4-7H,1-3H3,(H,13,14). The van der Waals surface area contributed by atoms with Gasteiger partial charge in [-0.15, -0.1) is 0 Å². The highest BCUT2D eigenvalue weighted by Crippen LogP contribution is 2.21. The summed E-state index contributed by atoms with van der Waals surface area (Å²) in [6, 6.07) is 4.03. The monoisotopic (exact) mass is 227 g/mol. The number of halogens is 1. The predicted molar refractivity (Wildman–Crippen MR) is 58.2 cm³/mol. The number of hydrogen-bond donors (Lipinski definition) is 1. The molecular weight excluding hydrogens is 213 g/mol. The van der Waals surface area contributed by atoms with E-state index < -0.39 is 11.9 Å². The van der Waals surface area contributed by atoms with Crippen molar-refractivity contribution >= 4 is 11.8 Å². The molecule has 0 bridgehead atoms. The van der Waals surface area contributed by atoms with Gasteiger partial charge < -0.3 is 9.47 Å². The maximum Gasteiger partial charge on any atom is 0.411 e. The first kappa shape index (κ1) is 12.3. The first-order chi connectivity index (χ1) is 7.52. The minimum absolute atomic E-state index is 0.0716. The number of benzene rings is 1. The summed E-state index contributed by atoms with van der Waals surface area (Å²) >= 11 is 0. The highest BCUT2D eigenvalue weighted by Gasteiger charge is 2.08. The van der Waals surface area contributed by atoms with Crippen LogP contribution < -0.4 is 10.1 Å². The van der Waals surface area contributed by atoms with Gasteiger partial charge in [0, 0.05) is 11.8 Å². The van der Waals surface area contributed by atoms with Gasteiger partial charge >= 0.3 is 6.09 Å². The Bertz CT molecular complexity index is 379. The van der Waals surface area contributed by atoms with Crippen LogP contribution in [0.4, 0.5) is 14.9 Å². The van der Waals surface area contributed by atoms with E-state index in [4.69, 9.17) is 9.47 Å². The average Bonchev–Trinajstić information content (AvgIpc) is 2.19. The van der Waals surface area contributed by atoms with Crippen LogP contribution >= 0.6 is 0 Å². The largest absolute Gasteiger partial charge is 0.494 e. The van der Waals surface area contributed by atoms with Crippen molar-refractivity contribution in [1.82, 2.24) is 0 Å². The summed E-state index contributed by atoms with van der Waals surface area (Å²) in [5.74, 6) is -0.410. The first-order valence-corrected chi connectivity index (χ1v) is 4.84.